The summed E-state index contributed by atoms with van der Waals surface area (Å²) in [5, 5.41) is 4.58. The van der Waals surface area contributed by atoms with Crippen molar-refractivity contribution in [3.8, 4) is 5.69 Å². The summed E-state index contributed by atoms with van der Waals surface area (Å²) in [6, 6.07) is 3.74. The van der Waals surface area contributed by atoms with Crippen molar-refractivity contribution in [2.24, 2.45) is 5.92 Å². The Bertz CT molecular complexity index is 687. The third-order valence-electron chi connectivity index (χ3n) is 3.96. The van der Waals surface area contributed by atoms with Crippen molar-refractivity contribution in [1.29, 1.82) is 0 Å². The van der Waals surface area contributed by atoms with E-state index in [1.807, 2.05) is 31.5 Å². The maximum Gasteiger partial charge on any atom is 0.239 e. The number of nitrogens with zero attached hydrogens (tertiary/aromatic N) is 4. The van der Waals surface area contributed by atoms with E-state index in [-0.39, 0.29) is 11.2 Å². The van der Waals surface area contributed by atoms with Crippen LogP contribution < -0.4 is 4.90 Å². The lowest BCUT2D eigenvalue weighted by Crippen LogP contribution is -2.38. The van der Waals surface area contributed by atoms with Crippen LogP contribution in [0, 0.1) is 5.92 Å². The first-order valence-electron chi connectivity index (χ1n) is 7.60. The van der Waals surface area contributed by atoms with Gasteiger partial charge in [0.1, 0.15) is 5.69 Å². The molecule has 0 aromatic carbocycles. The van der Waals surface area contributed by atoms with Crippen LogP contribution in [-0.4, -0.2) is 38.7 Å². The smallest absolute Gasteiger partial charge is 0.239 e. The zero-order valence-electron chi connectivity index (χ0n) is 13.1. The van der Waals surface area contributed by atoms with Crippen LogP contribution in [-0.2, 0) is 4.79 Å². The van der Waals surface area contributed by atoms with E-state index in [1.165, 1.54) is 12.8 Å². The summed E-state index contributed by atoms with van der Waals surface area (Å²) in [6.07, 6.45) is 9.52. The van der Waals surface area contributed by atoms with E-state index < -0.39 is 0 Å². The number of anilines is 1. The third-order valence-corrected chi connectivity index (χ3v) is 5.14. The lowest BCUT2D eigenvalue weighted by Gasteiger charge is -2.24. The summed E-state index contributed by atoms with van der Waals surface area (Å²) in [5.41, 5.74) is 1.49. The van der Waals surface area contributed by atoms with Crippen LogP contribution in [0.5, 0.6) is 0 Å². The van der Waals surface area contributed by atoms with Gasteiger partial charge in [0.05, 0.1) is 23.3 Å². The quantitative estimate of drug-likeness (QED) is 0.801. The molecule has 0 aliphatic heterocycles. The second kappa shape index (κ2) is 6.93. The molecule has 2 aromatic heterocycles. The van der Waals surface area contributed by atoms with Gasteiger partial charge in [0, 0.05) is 12.7 Å². The van der Waals surface area contributed by atoms with E-state index in [9.17, 15) is 4.79 Å². The minimum Gasteiger partial charge on any atom is -0.307 e. The van der Waals surface area contributed by atoms with Crippen molar-refractivity contribution < 1.29 is 4.79 Å². The van der Waals surface area contributed by atoms with Gasteiger partial charge >= 0.3 is 0 Å². The van der Waals surface area contributed by atoms with Gasteiger partial charge in [-0.3, -0.25) is 9.78 Å². The summed E-state index contributed by atoms with van der Waals surface area (Å²) in [6.45, 7) is 2.63. The van der Waals surface area contributed by atoms with Gasteiger partial charge in [-0.25, -0.2) is 4.68 Å². The molecule has 0 N–H and O–H groups in total. The molecule has 1 saturated carbocycles. The minimum absolute atomic E-state index is 0.0806. The minimum atomic E-state index is -0.105. The highest BCUT2D eigenvalue weighted by Gasteiger charge is 2.31. The molecule has 2 aromatic rings. The first-order valence-corrected chi connectivity index (χ1v) is 9.26. The molecule has 7 heteroatoms. The maximum absolute atomic E-state index is 12.7. The normalized spacial score (nSPS) is 15.4. The summed E-state index contributed by atoms with van der Waals surface area (Å²) < 4.78 is 1.67. The number of pyridine rings is 1. The van der Waals surface area contributed by atoms with Crippen molar-refractivity contribution in [3.05, 3.63) is 35.9 Å². The van der Waals surface area contributed by atoms with E-state index in [0.29, 0.717) is 23.3 Å². The third kappa shape index (κ3) is 3.70. The highest BCUT2D eigenvalue weighted by Crippen LogP contribution is 2.34. The fourth-order valence-corrected chi connectivity index (χ4v) is 2.89. The first kappa shape index (κ1) is 16.3. The molecule has 122 valence electrons. The van der Waals surface area contributed by atoms with Crippen LogP contribution in [0.2, 0.25) is 5.15 Å². The highest BCUT2D eigenvalue weighted by atomic mass is 35.5. The van der Waals surface area contributed by atoms with E-state index in [2.05, 4.69) is 10.1 Å². The van der Waals surface area contributed by atoms with Crippen molar-refractivity contribution in [2.75, 3.05) is 17.7 Å². The first-order chi connectivity index (χ1) is 11.1. The molecule has 1 amide bonds. The molecule has 5 nitrogen and oxygen atoms in total. The molecule has 3 rings (SSSR count). The van der Waals surface area contributed by atoms with Crippen LogP contribution in [0.1, 0.15) is 19.8 Å². The fraction of sp³-hybridized carbons (Fsp3) is 0.438. The van der Waals surface area contributed by atoms with Crippen molar-refractivity contribution in [1.82, 2.24) is 14.8 Å². The Morgan fingerprint density at radius 1 is 1.57 bits per heavy atom. The number of carbonyl (C=O) groups excluding carboxylic acids is 1. The number of carbonyl (C=O) groups is 1. The molecule has 2 heterocycles. The lowest BCUT2D eigenvalue weighted by atomic mass is 10.3. The van der Waals surface area contributed by atoms with Gasteiger partial charge in [-0.1, -0.05) is 11.6 Å². The van der Waals surface area contributed by atoms with E-state index >= 15 is 0 Å². The average Bonchev–Trinajstić information content (AvgIpc) is 3.32. The number of hydrogen-bond acceptors (Lipinski definition) is 4. The van der Waals surface area contributed by atoms with Crippen LogP contribution in [0.3, 0.4) is 0 Å². The lowest BCUT2D eigenvalue weighted by molar-refractivity contribution is -0.117. The molecule has 1 unspecified atom stereocenters. The molecular formula is C16H19ClN4OS. The number of halogens is 1. The largest absolute Gasteiger partial charge is 0.307 e. The Kier molecular flexibility index (Phi) is 4.92. The Morgan fingerprint density at radius 3 is 2.96 bits per heavy atom. The zero-order valence-corrected chi connectivity index (χ0v) is 14.7. The van der Waals surface area contributed by atoms with E-state index in [1.54, 1.807) is 33.7 Å². The molecule has 0 bridgehead atoms. The van der Waals surface area contributed by atoms with Crippen LogP contribution >= 0.6 is 23.4 Å². The van der Waals surface area contributed by atoms with Gasteiger partial charge in [0.15, 0.2) is 5.15 Å². The SMILES string of the molecule is CSC(C)C(=O)N(CC1CC1)c1cn(-c2cccnc2)nc1Cl. The molecule has 1 atom stereocenters. The summed E-state index contributed by atoms with van der Waals surface area (Å²) in [4.78, 5) is 18.6. The molecule has 0 saturated heterocycles. The Labute approximate surface area is 145 Å². The van der Waals surface area contributed by atoms with Crippen LogP contribution in [0.4, 0.5) is 5.69 Å². The number of thioether (sulfide) groups is 1. The molecule has 23 heavy (non-hydrogen) atoms. The van der Waals surface area contributed by atoms with Crippen molar-refractivity contribution in [3.63, 3.8) is 0 Å². The Hall–Kier alpha value is -1.53. The van der Waals surface area contributed by atoms with Gasteiger partial charge in [-0.05, 0) is 44.1 Å². The second-order valence-corrected chi connectivity index (χ2v) is 7.27. The van der Waals surface area contributed by atoms with Crippen LogP contribution in [0.15, 0.2) is 30.7 Å². The molecular weight excluding hydrogens is 332 g/mol. The predicted molar refractivity (Wildman–Crippen MR) is 94.4 cm³/mol. The predicted octanol–water partition coefficient (Wildman–Crippen LogP) is 3.42. The van der Waals surface area contributed by atoms with Gasteiger partial charge in [-0.2, -0.15) is 16.9 Å². The molecule has 1 aliphatic carbocycles. The molecule has 0 spiro atoms. The van der Waals surface area contributed by atoms with Gasteiger partial charge in [0.2, 0.25) is 5.91 Å². The van der Waals surface area contributed by atoms with Gasteiger partial charge in [0.25, 0.3) is 0 Å². The fourth-order valence-electron chi connectivity index (χ4n) is 2.33. The van der Waals surface area contributed by atoms with Crippen molar-refractivity contribution in [2.45, 2.75) is 25.0 Å². The van der Waals surface area contributed by atoms with E-state index in [4.69, 9.17) is 11.6 Å². The number of hydrogen-bond donors (Lipinski definition) is 0. The standard InChI is InChI=1S/C16H19ClN4OS/c1-11(23-2)16(22)20(9-12-5-6-12)14-10-21(19-15(14)17)13-4-3-7-18-8-13/h3-4,7-8,10-12H,5-6,9H2,1-2H3. The molecule has 0 radical (unpaired) electrons. The van der Waals surface area contributed by atoms with E-state index in [0.717, 1.165) is 5.69 Å². The zero-order chi connectivity index (χ0) is 16.4. The number of rotatable bonds is 6. The second-order valence-electron chi connectivity index (χ2n) is 5.73. The topological polar surface area (TPSA) is 51.0 Å². The Balaban J connectivity index is 1.92. The maximum atomic E-state index is 12.7. The summed E-state index contributed by atoms with van der Waals surface area (Å²) >= 11 is 7.87. The van der Waals surface area contributed by atoms with Gasteiger partial charge < -0.3 is 4.90 Å². The van der Waals surface area contributed by atoms with Crippen LogP contribution in [0.25, 0.3) is 5.69 Å². The highest BCUT2D eigenvalue weighted by molar-refractivity contribution is 7.99. The van der Waals surface area contributed by atoms with Crippen molar-refractivity contribution >= 4 is 35.0 Å². The number of aromatic nitrogens is 3. The summed E-state index contributed by atoms with van der Waals surface area (Å²) in [5.74, 6) is 0.655. The monoisotopic (exact) mass is 350 g/mol. The number of amides is 1. The van der Waals surface area contributed by atoms with Gasteiger partial charge in [-0.15, -0.1) is 0 Å². The average molecular weight is 351 g/mol. The molecule has 1 fully saturated rings. The molecule has 1 aliphatic rings. The Morgan fingerprint density at radius 2 is 2.35 bits per heavy atom. The summed E-state index contributed by atoms with van der Waals surface area (Å²) in [7, 11) is 0.